The van der Waals surface area contributed by atoms with Crippen molar-refractivity contribution in [2.75, 3.05) is 33.4 Å². The van der Waals surface area contributed by atoms with Crippen molar-refractivity contribution in [2.45, 2.75) is 167 Å². The molecule has 0 spiro atoms. The standard InChI is InChI=1S/C40H75N7O7/c1-7-9-10-15-19-34(54-25-27(4)44-37(49)26(3)24-53-31-20-29(21-31)22-41)28(5)40(52)47(6)33(16-8-2)38(50)46-35(30-17-13-11-12-14-18-30)39(51)45-32(23-42)36(43)48/h26-35H,7-25,41-42H2,1-6H3,(H2,43,48)(H,44,49)(H,45,51)(H,46,50)/t26-,27+,28+,29-,31-,32-,33-,34+,35-/m0/s1. The first kappa shape index (κ1) is 47.3. The van der Waals surface area contributed by atoms with Crippen molar-refractivity contribution in [3.05, 3.63) is 0 Å². The first-order valence-electron chi connectivity index (χ1n) is 20.9. The fourth-order valence-electron chi connectivity index (χ4n) is 7.51. The summed E-state index contributed by atoms with van der Waals surface area (Å²) in [6.45, 7) is 10.7. The third-order valence-electron chi connectivity index (χ3n) is 11.3. The van der Waals surface area contributed by atoms with E-state index in [1.54, 1.807) is 7.05 Å². The number of nitrogens with zero attached hydrogens (tertiary/aromatic N) is 1. The highest BCUT2D eigenvalue weighted by molar-refractivity contribution is 5.94. The summed E-state index contributed by atoms with van der Waals surface area (Å²) in [6, 6.07) is -3.06. The summed E-state index contributed by atoms with van der Waals surface area (Å²) >= 11 is 0. The van der Waals surface area contributed by atoms with Crippen LogP contribution in [-0.2, 0) is 33.4 Å². The summed E-state index contributed by atoms with van der Waals surface area (Å²) < 4.78 is 12.3. The number of amides is 5. The van der Waals surface area contributed by atoms with Crippen LogP contribution in [0.3, 0.4) is 0 Å². The van der Waals surface area contributed by atoms with Gasteiger partial charge >= 0.3 is 0 Å². The molecule has 54 heavy (non-hydrogen) atoms. The highest BCUT2D eigenvalue weighted by Crippen LogP contribution is 2.29. The molecule has 2 aliphatic rings. The lowest BCUT2D eigenvalue weighted by atomic mass is 9.82. The molecule has 0 saturated heterocycles. The van der Waals surface area contributed by atoms with Gasteiger partial charge < -0.3 is 47.5 Å². The maximum absolute atomic E-state index is 14.2. The van der Waals surface area contributed by atoms with Crippen LogP contribution in [-0.4, -0.2) is 104 Å². The van der Waals surface area contributed by atoms with Crippen LogP contribution >= 0.6 is 0 Å². The highest BCUT2D eigenvalue weighted by atomic mass is 16.5. The number of carbonyl (C=O) groups excluding carboxylic acids is 5. The molecular formula is C40H75N7O7. The van der Waals surface area contributed by atoms with Crippen molar-refractivity contribution in [3.63, 3.8) is 0 Å². The highest BCUT2D eigenvalue weighted by Gasteiger charge is 2.38. The normalized spacial score (nSPS) is 21.6. The largest absolute Gasteiger partial charge is 0.377 e. The maximum Gasteiger partial charge on any atom is 0.243 e. The number of ether oxygens (including phenoxy) is 2. The minimum absolute atomic E-state index is 0.110. The Balaban J connectivity index is 2.12. The fraction of sp³-hybridized carbons (Fsp3) is 0.875. The zero-order valence-electron chi connectivity index (χ0n) is 34.2. The van der Waals surface area contributed by atoms with Crippen LogP contribution in [0.5, 0.6) is 0 Å². The van der Waals surface area contributed by atoms with Gasteiger partial charge in [-0.3, -0.25) is 24.0 Å². The Kier molecular flexibility index (Phi) is 22.2. The van der Waals surface area contributed by atoms with Gasteiger partial charge in [-0.2, -0.15) is 0 Å². The molecule has 2 aliphatic carbocycles. The van der Waals surface area contributed by atoms with Gasteiger partial charge in [-0.25, -0.2) is 0 Å². The van der Waals surface area contributed by atoms with Crippen LogP contribution in [0.1, 0.15) is 131 Å². The Morgan fingerprint density at radius 3 is 2.04 bits per heavy atom. The number of primary amides is 1. The molecule has 2 saturated carbocycles. The predicted octanol–water partition coefficient (Wildman–Crippen LogP) is 2.88. The molecule has 312 valence electrons. The summed E-state index contributed by atoms with van der Waals surface area (Å²) in [5.41, 5.74) is 16.9. The van der Waals surface area contributed by atoms with Crippen LogP contribution < -0.4 is 33.2 Å². The summed E-state index contributed by atoms with van der Waals surface area (Å²) in [7, 11) is 1.64. The first-order valence-corrected chi connectivity index (χ1v) is 20.9. The molecule has 2 fully saturated rings. The van der Waals surface area contributed by atoms with Crippen LogP contribution in [0.2, 0.25) is 0 Å². The van der Waals surface area contributed by atoms with Gasteiger partial charge in [0, 0.05) is 19.6 Å². The minimum atomic E-state index is -1.05. The van der Waals surface area contributed by atoms with Crippen LogP contribution in [0.15, 0.2) is 0 Å². The van der Waals surface area contributed by atoms with E-state index in [1.807, 2.05) is 27.7 Å². The lowest BCUT2D eigenvalue weighted by molar-refractivity contribution is -0.147. The molecule has 0 aliphatic heterocycles. The summed E-state index contributed by atoms with van der Waals surface area (Å²) in [5, 5.41) is 8.67. The van der Waals surface area contributed by atoms with Gasteiger partial charge in [0.1, 0.15) is 18.1 Å². The van der Waals surface area contributed by atoms with Crippen molar-refractivity contribution in [1.29, 1.82) is 0 Å². The monoisotopic (exact) mass is 766 g/mol. The Bertz CT molecular complexity index is 1150. The Labute approximate surface area is 324 Å². The second kappa shape index (κ2) is 25.4. The molecule has 5 amide bonds. The zero-order chi connectivity index (χ0) is 40.2. The van der Waals surface area contributed by atoms with Crippen molar-refractivity contribution < 1.29 is 33.4 Å². The number of hydrogen-bond acceptors (Lipinski definition) is 9. The second-order valence-corrected chi connectivity index (χ2v) is 16.0. The number of carbonyl (C=O) groups is 5. The number of hydrogen-bond donors (Lipinski definition) is 6. The molecule has 0 aromatic carbocycles. The van der Waals surface area contributed by atoms with Crippen molar-refractivity contribution in [1.82, 2.24) is 20.9 Å². The molecule has 7 atom stereocenters. The average Bonchev–Trinajstić information content (AvgIpc) is 3.42. The Morgan fingerprint density at radius 2 is 1.46 bits per heavy atom. The van der Waals surface area contributed by atoms with Crippen LogP contribution in [0.25, 0.3) is 0 Å². The molecular weight excluding hydrogens is 690 g/mol. The minimum Gasteiger partial charge on any atom is -0.377 e. The van der Waals surface area contributed by atoms with Gasteiger partial charge in [0.2, 0.25) is 29.5 Å². The summed E-state index contributed by atoms with van der Waals surface area (Å²) in [6.07, 6.45) is 12.8. The lowest BCUT2D eigenvalue weighted by Gasteiger charge is -2.35. The molecule has 0 unspecified atom stereocenters. The molecule has 0 bridgehead atoms. The molecule has 0 heterocycles. The van der Waals surface area contributed by atoms with E-state index in [1.165, 1.54) is 4.90 Å². The number of likely N-dealkylation sites (N-methyl/N-ethyl adjacent to an activating group) is 1. The quantitative estimate of drug-likeness (QED) is 0.0562. The van der Waals surface area contributed by atoms with E-state index in [2.05, 4.69) is 22.9 Å². The lowest BCUT2D eigenvalue weighted by Crippen LogP contribution is -2.60. The van der Waals surface area contributed by atoms with Gasteiger partial charge in [0.05, 0.1) is 37.3 Å². The number of rotatable bonds is 26. The van der Waals surface area contributed by atoms with E-state index in [4.69, 9.17) is 26.7 Å². The molecule has 0 aromatic rings. The van der Waals surface area contributed by atoms with Crippen LogP contribution in [0, 0.1) is 23.7 Å². The molecule has 2 rings (SSSR count). The molecule has 14 nitrogen and oxygen atoms in total. The van der Waals surface area contributed by atoms with Crippen molar-refractivity contribution in [2.24, 2.45) is 40.9 Å². The van der Waals surface area contributed by atoms with E-state index >= 15 is 0 Å². The first-order chi connectivity index (χ1) is 25.8. The summed E-state index contributed by atoms with van der Waals surface area (Å²) in [4.78, 5) is 68.2. The van der Waals surface area contributed by atoms with E-state index in [0.29, 0.717) is 38.3 Å². The predicted molar refractivity (Wildman–Crippen MR) is 211 cm³/mol. The Morgan fingerprint density at radius 1 is 0.796 bits per heavy atom. The topological polar surface area (TPSA) is 221 Å². The van der Waals surface area contributed by atoms with E-state index < -0.39 is 47.9 Å². The van der Waals surface area contributed by atoms with Gasteiger partial charge in [0.25, 0.3) is 0 Å². The van der Waals surface area contributed by atoms with E-state index in [-0.39, 0.29) is 48.9 Å². The number of nitrogens with one attached hydrogen (secondary N) is 3. The maximum atomic E-state index is 14.2. The zero-order valence-corrected chi connectivity index (χ0v) is 34.2. The number of unbranched alkanes of at least 4 members (excludes halogenated alkanes) is 3. The van der Waals surface area contributed by atoms with Gasteiger partial charge in [-0.1, -0.05) is 85.5 Å². The smallest absolute Gasteiger partial charge is 0.243 e. The summed E-state index contributed by atoms with van der Waals surface area (Å²) in [5.74, 6) is -2.50. The fourth-order valence-corrected chi connectivity index (χ4v) is 7.51. The molecule has 14 heteroatoms. The SMILES string of the molecule is CCCCCC[C@@H](OC[C@@H](C)NC(=O)[C@@H](C)CO[C@H]1C[C@H](CN)C1)[C@@H](C)C(=O)N(C)[C@@H](CCC)C(=O)N[C@H](C(=O)N[C@@H](CN)C(N)=O)C1CCCCCC1. The Hall–Kier alpha value is -2.81. The second-order valence-electron chi connectivity index (χ2n) is 16.0. The molecule has 0 aromatic heterocycles. The van der Waals surface area contributed by atoms with Gasteiger partial charge in [0.15, 0.2) is 0 Å². The molecule has 0 radical (unpaired) electrons. The van der Waals surface area contributed by atoms with Gasteiger partial charge in [-0.05, 0) is 63.8 Å². The average molecular weight is 766 g/mol. The number of nitrogens with two attached hydrogens (primary N) is 3. The van der Waals surface area contributed by atoms with Crippen molar-refractivity contribution in [3.8, 4) is 0 Å². The third-order valence-corrected chi connectivity index (χ3v) is 11.3. The molecule has 9 N–H and O–H groups in total. The van der Waals surface area contributed by atoms with Crippen LogP contribution in [0.4, 0.5) is 0 Å². The van der Waals surface area contributed by atoms with E-state index in [9.17, 15) is 24.0 Å². The van der Waals surface area contributed by atoms with Crippen molar-refractivity contribution >= 4 is 29.5 Å². The van der Waals surface area contributed by atoms with E-state index in [0.717, 1.165) is 77.0 Å². The van der Waals surface area contributed by atoms with Gasteiger partial charge in [-0.15, -0.1) is 0 Å². The third kappa shape index (κ3) is 15.7.